The van der Waals surface area contributed by atoms with Crippen molar-refractivity contribution in [2.45, 2.75) is 65.6 Å². The third kappa shape index (κ3) is 6.19. The maximum Gasteiger partial charge on any atom is 0.338 e. The Balaban J connectivity index is 1.69. The standard InChI is InChI=1S/C32H33F2NO4/c1-31(2,3)19-11-13-27(23(33)15-19)38-17-22-21-9-7-8-10-25(21)35-26(29(22)30(36)37)18-39-28-14-12-20(16-24(28)34)32(4,5)6/h7-16H,17-18H2,1-6H3,(H,36,37). The van der Waals surface area contributed by atoms with Gasteiger partial charge in [-0.15, -0.1) is 0 Å². The number of carboxylic acid groups (broad SMARTS) is 1. The molecule has 1 N–H and O–H groups in total. The van der Waals surface area contributed by atoms with Gasteiger partial charge in [-0.2, -0.15) is 0 Å². The summed E-state index contributed by atoms with van der Waals surface area (Å²) in [4.78, 5) is 17.0. The lowest BCUT2D eigenvalue weighted by Crippen LogP contribution is -2.15. The number of aromatic carboxylic acids is 1. The van der Waals surface area contributed by atoms with Gasteiger partial charge in [0.15, 0.2) is 23.1 Å². The number of ether oxygens (including phenoxy) is 2. The highest BCUT2D eigenvalue weighted by atomic mass is 19.1. The molecule has 0 atom stereocenters. The first-order valence-electron chi connectivity index (χ1n) is 12.7. The summed E-state index contributed by atoms with van der Waals surface area (Å²) >= 11 is 0. The fraction of sp³-hybridized carbons (Fsp3) is 0.312. The van der Waals surface area contributed by atoms with Gasteiger partial charge >= 0.3 is 5.97 Å². The van der Waals surface area contributed by atoms with Crippen molar-refractivity contribution in [1.29, 1.82) is 0 Å². The lowest BCUT2D eigenvalue weighted by Gasteiger charge is -2.20. The van der Waals surface area contributed by atoms with Crippen LogP contribution in [-0.4, -0.2) is 16.1 Å². The molecule has 0 fully saturated rings. The number of para-hydroxylation sites is 1. The summed E-state index contributed by atoms with van der Waals surface area (Å²) in [5, 5.41) is 10.7. The number of hydrogen-bond donors (Lipinski definition) is 1. The number of benzene rings is 3. The van der Waals surface area contributed by atoms with Crippen LogP contribution in [0, 0.1) is 11.6 Å². The Morgan fingerprint density at radius 3 is 1.79 bits per heavy atom. The van der Waals surface area contributed by atoms with Crippen LogP contribution < -0.4 is 9.47 Å². The number of aromatic nitrogens is 1. The maximum absolute atomic E-state index is 14.9. The zero-order valence-electron chi connectivity index (χ0n) is 23.1. The third-order valence-corrected chi connectivity index (χ3v) is 6.62. The molecule has 4 aromatic rings. The van der Waals surface area contributed by atoms with Gasteiger partial charge in [-0.3, -0.25) is 0 Å². The summed E-state index contributed by atoms with van der Waals surface area (Å²) < 4.78 is 41.2. The van der Waals surface area contributed by atoms with Crippen molar-refractivity contribution in [2.24, 2.45) is 0 Å². The van der Waals surface area contributed by atoms with Crippen LogP contribution in [0.5, 0.6) is 11.5 Å². The van der Waals surface area contributed by atoms with Crippen molar-refractivity contribution in [3.63, 3.8) is 0 Å². The van der Waals surface area contributed by atoms with E-state index in [4.69, 9.17) is 9.47 Å². The second-order valence-corrected chi connectivity index (χ2v) is 11.6. The first kappa shape index (κ1) is 28.0. The van der Waals surface area contributed by atoms with Crippen molar-refractivity contribution < 1.29 is 28.2 Å². The van der Waals surface area contributed by atoms with Crippen LogP contribution >= 0.6 is 0 Å². The van der Waals surface area contributed by atoms with Gasteiger partial charge in [-0.25, -0.2) is 18.6 Å². The van der Waals surface area contributed by atoms with Crippen LogP contribution in [0.15, 0.2) is 60.7 Å². The molecule has 0 amide bonds. The number of halogens is 2. The van der Waals surface area contributed by atoms with E-state index in [0.29, 0.717) is 16.5 Å². The van der Waals surface area contributed by atoms with E-state index in [0.717, 1.165) is 11.1 Å². The van der Waals surface area contributed by atoms with Gasteiger partial charge in [0.1, 0.15) is 13.2 Å². The lowest BCUT2D eigenvalue weighted by molar-refractivity contribution is 0.0690. The molecule has 0 aliphatic carbocycles. The quantitative estimate of drug-likeness (QED) is 0.261. The molecule has 4 rings (SSSR count). The van der Waals surface area contributed by atoms with Crippen LogP contribution in [0.25, 0.3) is 10.9 Å². The van der Waals surface area contributed by atoms with Crippen LogP contribution in [0.3, 0.4) is 0 Å². The molecular formula is C32H33F2NO4. The van der Waals surface area contributed by atoms with Gasteiger partial charge in [0.25, 0.3) is 0 Å². The highest BCUT2D eigenvalue weighted by Crippen LogP contribution is 2.31. The number of fused-ring (bicyclic) bond motifs is 1. The highest BCUT2D eigenvalue weighted by Gasteiger charge is 2.23. The monoisotopic (exact) mass is 533 g/mol. The van der Waals surface area contributed by atoms with Gasteiger partial charge in [0.05, 0.1) is 16.8 Å². The number of nitrogens with zero attached hydrogens (tertiary/aromatic N) is 1. The lowest BCUT2D eigenvalue weighted by atomic mass is 9.87. The van der Waals surface area contributed by atoms with Crippen LogP contribution in [0.4, 0.5) is 8.78 Å². The van der Waals surface area contributed by atoms with Gasteiger partial charge in [0.2, 0.25) is 0 Å². The second kappa shape index (κ2) is 10.6. The van der Waals surface area contributed by atoms with Gasteiger partial charge < -0.3 is 14.6 Å². The molecule has 0 aliphatic heterocycles. The van der Waals surface area contributed by atoms with Crippen LogP contribution in [0.2, 0.25) is 0 Å². The van der Waals surface area contributed by atoms with E-state index in [1.807, 2.05) is 41.5 Å². The fourth-order valence-electron chi connectivity index (χ4n) is 4.31. The molecule has 3 aromatic carbocycles. The average Bonchev–Trinajstić information content (AvgIpc) is 2.85. The van der Waals surface area contributed by atoms with Gasteiger partial charge in [0, 0.05) is 10.9 Å². The largest absolute Gasteiger partial charge is 0.486 e. The van der Waals surface area contributed by atoms with Crippen molar-refractivity contribution in [1.82, 2.24) is 4.98 Å². The molecule has 0 saturated heterocycles. The normalized spacial score (nSPS) is 12.0. The number of hydrogen-bond acceptors (Lipinski definition) is 4. The molecule has 0 bridgehead atoms. The van der Waals surface area contributed by atoms with E-state index in [2.05, 4.69) is 4.98 Å². The summed E-state index contributed by atoms with van der Waals surface area (Å²) in [7, 11) is 0. The number of carbonyl (C=O) groups is 1. The van der Waals surface area contributed by atoms with Crippen molar-refractivity contribution in [3.05, 3.63) is 100 Å². The first-order valence-corrected chi connectivity index (χ1v) is 12.7. The van der Waals surface area contributed by atoms with Gasteiger partial charge in [-0.1, -0.05) is 71.9 Å². The second-order valence-electron chi connectivity index (χ2n) is 11.6. The predicted molar refractivity (Wildman–Crippen MR) is 148 cm³/mol. The van der Waals surface area contributed by atoms with E-state index in [1.165, 1.54) is 18.2 Å². The molecule has 0 radical (unpaired) electrons. The maximum atomic E-state index is 14.9. The SMILES string of the molecule is CC(C)(C)c1ccc(OCc2nc3ccccc3c(COc3ccc(C(C)(C)C)cc3F)c2C(=O)O)c(F)c1. The molecular weight excluding hydrogens is 500 g/mol. The summed E-state index contributed by atoms with van der Waals surface area (Å²) in [5.74, 6) is -2.31. The molecule has 0 saturated carbocycles. The summed E-state index contributed by atoms with van der Waals surface area (Å²) in [6, 6.07) is 16.5. The number of carboxylic acids is 1. The van der Waals surface area contributed by atoms with E-state index in [9.17, 15) is 18.7 Å². The van der Waals surface area contributed by atoms with Crippen LogP contribution in [-0.2, 0) is 24.0 Å². The third-order valence-electron chi connectivity index (χ3n) is 6.62. The minimum Gasteiger partial charge on any atom is -0.486 e. The molecule has 0 unspecified atom stereocenters. The zero-order valence-corrected chi connectivity index (χ0v) is 23.1. The molecule has 0 aliphatic rings. The minimum absolute atomic E-state index is 0.00638. The molecule has 39 heavy (non-hydrogen) atoms. The van der Waals surface area contributed by atoms with E-state index in [1.54, 1.807) is 42.5 Å². The fourth-order valence-corrected chi connectivity index (χ4v) is 4.31. The van der Waals surface area contributed by atoms with E-state index in [-0.39, 0.29) is 46.8 Å². The van der Waals surface area contributed by atoms with E-state index >= 15 is 0 Å². The Labute approximate surface area is 227 Å². The molecule has 5 nitrogen and oxygen atoms in total. The minimum atomic E-state index is -1.24. The topological polar surface area (TPSA) is 68.7 Å². The Morgan fingerprint density at radius 2 is 1.31 bits per heavy atom. The summed E-state index contributed by atoms with van der Waals surface area (Å²) in [5.41, 5.74) is 1.99. The predicted octanol–water partition coefficient (Wildman–Crippen LogP) is 7.96. The van der Waals surface area contributed by atoms with E-state index < -0.39 is 17.6 Å². The van der Waals surface area contributed by atoms with Crippen LogP contribution in [0.1, 0.15) is 74.3 Å². The highest BCUT2D eigenvalue weighted by molar-refractivity contribution is 5.97. The molecule has 1 heterocycles. The Kier molecular flexibility index (Phi) is 7.64. The molecule has 7 heteroatoms. The number of pyridine rings is 1. The van der Waals surface area contributed by atoms with Crippen molar-refractivity contribution in [2.75, 3.05) is 0 Å². The molecule has 204 valence electrons. The van der Waals surface area contributed by atoms with Gasteiger partial charge in [-0.05, 0) is 52.3 Å². The first-order chi connectivity index (χ1) is 18.3. The average molecular weight is 534 g/mol. The smallest absolute Gasteiger partial charge is 0.338 e. The number of rotatable bonds is 7. The Morgan fingerprint density at radius 1 is 0.795 bits per heavy atom. The Bertz CT molecular complexity index is 1530. The van der Waals surface area contributed by atoms with Crippen molar-refractivity contribution >= 4 is 16.9 Å². The Hall–Kier alpha value is -4.00. The van der Waals surface area contributed by atoms with Crippen molar-refractivity contribution in [3.8, 4) is 11.5 Å². The molecule has 1 aromatic heterocycles. The zero-order chi connectivity index (χ0) is 28.5. The summed E-state index contributed by atoms with van der Waals surface area (Å²) in [6.45, 7) is 11.4. The molecule has 0 spiro atoms. The summed E-state index contributed by atoms with van der Waals surface area (Å²) in [6.07, 6.45) is 0.